The Hall–Kier alpha value is -4.03. The number of anilines is 2. The first-order valence-corrected chi connectivity index (χ1v) is 16.0. The molecule has 10 nitrogen and oxygen atoms in total. The Morgan fingerprint density at radius 2 is 1.86 bits per heavy atom. The van der Waals surface area contributed by atoms with Crippen molar-refractivity contribution in [2.75, 3.05) is 55.8 Å². The largest absolute Gasteiger partial charge is 0.486 e. The van der Waals surface area contributed by atoms with Crippen LogP contribution in [0.3, 0.4) is 0 Å². The van der Waals surface area contributed by atoms with E-state index in [1.807, 2.05) is 24.8 Å². The maximum absolute atomic E-state index is 14.3. The summed E-state index contributed by atoms with van der Waals surface area (Å²) in [6.45, 7) is 10.00. The van der Waals surface area contributed by atoms with Crippen LogP contribution in [0.1, 0.15) is 44.1 Å². The number of rotatable bonds is 10. The Bertz CT molecular complexity index is 1700. The van der Waals surface area contributed by atoms with Crippen LogP contribution in [0.2, 0.25) is 0 Å². The predicted octanol–water partition coefficient (Wildman–Crippen LogP) is 5.21. The fraction of sp³-hybridized carbons (Fsp3) is 0.438. The fourth-order valence-electron chi connectivity index (χ4n) is 5.54. The van der Waals surface area contributed by atoms with Gasteiger partial charge in [-0.05, 0) is 44.0 Å². The highest BCUT2D eigenvalue weighted by Gasteiger charge is 2.34. The Kier molecular flexibility index (Phi) is 8.81. The zero-order chi connectivity index (χ0) is 30.8. The minimum absolute atomic E-state index is 0.0425. The third kappa shape index (κ3) is 6.00. The zero-order valence-corrected chi connectivity index (χ0v) is 26.1. The molecule has 1 aromatic carbocycles. The molecule has 6 rings (SSSR count). The lowest BCUT2D eigenvalue weighted by atomic mass is 10.1. The first kappa shape index (κ1) is 30.0. The number of carbonyl (C=O) groups excluding carboxylic acids is 1. The van der Waals surface area contributed by atoms with E-state index in [9.17, 15) is 14.0 Å². The summed E-state index contributed by atoms with van der Waals surface area (Å²) in [6.07, 6.45) is 5.80. The SMILES string of the molecule is CCCCOc1c(-c2ncc(Cc3ccc(F)cc3)s2)nc2c(N3CCN(C(C)C)C3=O)cc(N3CCOCC3)cn2c1=O. The summed E-state index contributed by atoms with van der Waals surface area (Å²) in [5, 5.41) is 0.549. The number of benzene rings is 1. The molecule has 2 amide bonds. The van der Waals surface area contributed by atoms with Crippen LogP contribution in [0.5, 0.6) is 5.75 Å². The van der Waals surface area contributed by atoms with Crippen molar-refractivity contribution in [1.82, 2.24) is 19.3 Å². The topological polar surface area (TPSA) is 92.5 Å². The van der Waals surface area contributed by atoms with Gasteiger partial charge >= 0.3 is 11.6 Å². The summed E-state index contributed by atoms with van der Waals surface area (Å²) in [6, 6.07) is 8.27. The quantitative estimate of drug-likeness (QED) is 0.225. The summed E-state index contributed by atoms with van der Waals surface area (Å²) < 4.78 is 26.7. The molecule has 0 saturated carbocycles. The molecular weight excluding hydrogens is 583 g/mol. The van der Waals surface area contributed by atoms with Gasteiger partial charge in [-0.15, -0.1) is 11.3 Å². The molecule has 2 fully saturated rings. The van der Waals surface area contributed by atoms with Gasteiger partial charge in [0.15, 0.2) is 5.65 Å². The number of fused-ring (bicyclic) bond motifs is 1. The normalized spacial score (nSPS) is 15.7. The molecule has 3 aromatic heterocycles. The van der Waals surface area contributed by atoms with Crippen molar-refractivity contribution >= 4 is 34.4 Å². The number of thiazole rings is 1. The summed E-state index contributed by atoms with van der Waals surface area (Å²) in [7, 11) is 0. The number of aromatic nitrogens is 3. The van der Waals surface area contributed by atoms with Crippen LogP contribution < -0.4 is 20.1 Å². The molecule has 2 saturated heterocycles. The van der Waals surface area contributed by atoms with E-state index in [2.05, 4.69) is 16.8 Å². The van der Waals surface area contributed by atoms with Crippen LogP contribution in [0.25, 0.3) is 16.3 Å². The Morgan fingerprint density at radius 3 is 2.57 bits per heavy atom. The van der Waals surface area contributed by atoms with Crippen LogP contribution in [-0.2, 0) is 11.2 Å². The Labute approximate surface area is 259 Å². The second-order valence-electron chi connectivity index (χ2n) is 11.3. The van der Waals surface area contributed by atoms with Gasteiger partial charge in [0, 0.05) is 55.9 Å². The third-order valence-corrected chi connectivity index (χ3v) is 8.98. The Balaban J connectivity index is 1.50. The number of pyridine rings is 1. The molecule has 0 spiro atoms. The maximum atomic E-state index is 14.3. The highest BCUT2D eigenvalue weighted by molar-refractivity contribution is 7.15. The number of ether oxygens (including phenoxy) is 2. The van der Waals surface area contributed by atoms with Gasteiger partial charge in [0.05, 0.1) is 31.2 Å². The average Bonchev–Trinajstić information content (AvgIpc) is 3.66. The van der Waals surface area contributed by atoms with Crippen molar-refractivity contribution in [2.45, 2.75) is 46.1 Å². The van der Waals surface area contributed by atoms with Gasteiger partial charge in [-0.3, -0.25) is 14.1 Å². The number of urea groups is 1. The van der Waals surface area contributed by atoms with Crippen LogP contribution in [0, 0.1) is 5.82 Å². The van der Waals surface area contributed by atoms with Crippen molar-refractivity contribution in [1.29, 1.82) is 0 Å². The summed E-state index contributed by atoms with van der Waals surface area (Å²) in [5.74, 6) is -0.144. The zero-order valence-electron chi connectivity index (χ0n) is 25.3. The maximum Gasteiger partial charge on any atom is 0.324 e. The van der Waals surface area contributed by atoms with Gasteiger partial charge in [-0.1, -0.05) is 25.5 Å². The second kappa shape index (κ2) is 12.9. The van der Waals surface area contributed by atoms with Crippen LogP contribution in [-0.4, -0.2) is 77.3 Å². The molecule has 232 valence electrons. The van der Waals surface area contributed by atoms with E-state index in [4.69, 9.17) is 14.5 Å². The smallest absolute Gasteiger partial charge is 0.324 e. The number of halogens is 1. The minimum Gasteiger partial charge on any atom is -0.486 e. The van der Waals surface area contributed by atoms with Crippen LogP contribution in [0.15, 0.2) is 47.5 Å². The molecule has 4 aromatic rings. The molecule has 0 unspecified atom stereocenters. The number of amides is 2. The van der Waals surface area contributed by atoms with Gasteiger partial charge in [0.1, 0.15) is 16.5 Å². The van der Waals surface area contributed by atoms with Crippen LogP contribution >= 0.6 is 11.3 Å². The number of carbonyl (C=O) groups is 1. The first-order chi connectivity index (χ1) is 21.3. The minimum atomic E-state index is -0.347. The van der Waals surface area contributed by atoms with Gasteiger partial charge in [0.25, 0.3) is 0 Å². The van der Waals surface area contributed by atoms with Gasteiger partial charge in [-0.2, -0.15) is 0 Å². The van der Waals surface area contributed by atoms with E-state index in [0.29, 0.717) is 74.5 Å². The number of morpholine rings is 1. The highest BCUT2D eigenvalue weighted by atomic mass is 32.1. The summed E-state index contributed by atoms with van der Waals surface area (Å²) in [5.41, 5.74) is 2.73. The molecule has 2 aliphatic rings. The highest BCUT2D eigenvalue weighted by Crippen LogP contribution is 2.35. The van der Waals surface area contributed by atoms with Crippen molar-refractivity contribution < 1.29 is 18.7 Å². The van der Waals surface area contributed by atoms with E-state index >= 15 is 0 Å². The first-order valence-electron chi connectivity index (χ1n) is 15.2. The molecule has 12 heteroatoms. The average molecular weight is 621 g/mol. The van der Waals surface area contributed by atoms with Crippen molar-refractivity contribution in [3.8, 4) is 16.5 Å². The van der Waals surface area contributed by atoms with Gasteiger partial charge in [0.2, 0.25) is 5.75 Å². The van der Waals surface area contributed by atoms with Gasteiger partial charge in [-0.25, -0.2) is 19.2 Å². The second-order valence-corrected chi connectivity index (χ2v) is 12.4. The van der Waals surface area contributed by atoms with Crippen LogP contribution in [0.4, 0.5) is 20.6 Å². The molecule has 0 aliphatic carbocycles. The molecule has 0 atom stereocenters. The molecule has 0 radical (unpaired) electrons. The van der Waals surface area contributed by atoms with E-state index in [1.165, 1.54) is 27.9 Å². The van der Waals surface area contributed by atoms with E-state index in [-0.39, 0.29) is 29.2 Å². The van der Waals surface area contributed by atoms with E-state index < -0.39 is 0 Å². The van der Waals surface area contributed by atoms with Crippen molar-refractivity contribution in [3.05, 3.63) is 69.3 Å². The molecule has 0 bridgehead atoms. The molecule has 5 heterocycles. The number of hydrogen-bond acceptors (Lipinski definition) is 8. The lowest BCUT2D eigenvalue weighted by Gasteiger charge is -2.30. The number of unbranched alkanes of at least 4 members (excludes halogenated alkanes) is 1. The monoisotopic (exact) mass is 620 g/mol. The summed E-state index contributed by atoms with van der Waals surface area (Å²) in [4.78, 5) is 44.2. The van der Waals surface area contributed by atoms with Gasteiger partial charge < -0.3 is 19.3 Å². The Morgan fingerprint density at radius 1 is 1.09 bits per heavy atom. The van der Waals surface area contributed by atoms with Crippen molar-refractivity contribution in [3.63, 3.8) is 0 Å². The lowest BCUT2D eigenvalue weighted by molar-refractivity contribution is 0.122. The summed E-state index contributed by atoms with van der Waals surface area (Å²) >= 11 is 1.42. The third-order valence-electron chi connectivity index (χ3n) is 7.97. The standard InChI is InChI=1S/C32H37FN6O4S/c1-4-5-14-43-28-27(30-34-19-25(44-30)17-22-6-8-23(33)9-7-22)35-29-26(38-11-10-37(21(2)3)32(38)41)18-24(20-39(29)31(28)40)36-12-15-42-16-13-36/h6-9,18-21H,4-5,10-17H2,1-3H3. The van der Waals surface area contributed by atoms with E-state index in [1.54, 1.807) is 29.4 Å². The molecule has 0 N–H and O–H groups in total. The molecule has 44 heavy (non-hydrogen) atoms. The fourth-order valence-corrected chi connectivity index (χ4v) is 6.47. The van der Waals surface area contributed by atoms with E-state index in [0.717, 1.165) is 29.0 Å². The number of hydrogen-bond donors (Lipinski definition) is 0. The lowest BCUT2D eigenvalue weighted by Crippen LogP contribution is -2.38. The predicted molar refractivity (Wildman–Crippen MR) is 170 cm³/mol. The molecule has 2 aliphatic heterocycles. The number of nitrogens with zero attached hydrogens (tertiary/aromatic N) is 6. The van der Waals surface area contributed by atoms with Crippen molar-refractivity contribution in [2.24, 2.45) is 0 Å². The molecular formula is C32H37FN6O4S.